The molecule has 0 saturated carbocycles. The van der Waals surface area contributed by atoms with E-state index < -0.39 is 0 Å². The molecule has 2 fully saturated rings. The Bertz CT molecular complexity index is 1240. The van der Waals surface area contributed by atoms with Gasteiger partial charge >= 0.3 is 6.03 Å². The first-order valence-corrected chi connectivity index (χ1v) is 14.3. The molecule has 0 aliphatic carbocycles. The van der Waals surface area contributed by atoms with Crippen LogP contribution in [-0.4, -0.2) is 67.3 Å². The maximum absolute atomic E-state index is 13.2. The molecule has 3 amide bonds. The van der Waals surface area contributed by atoms with Crippen LogP contribution in [-0.2, 0) is 4.79 Å². The second kappa shape index (κ2) is 13.0. The second-order valence-corrected chi connectivity index (χ2v) is 10.8. The molecule has 5 rings (SSSR count). The predicted molar refractivity (Wildman–Crippen MR) is 161 cm³/mol. The lowest BCUT2D eigenvalue weighted by Gasteiger charge is -2.36. The summed E-state index contributed by atoms with van der Waals surface area (Å²) in [6.07, 6.45) is 1.77. The van der Waals surface area contributed by atoms with E-state index in [2.05, 4.69) is 44.8 Å². The number of anilines is 3. The summed E-state index contributed by atoms with van der Waals surface area (Å²) in [4.78, 5) is 32.5. The number of hydrogen-bond donors (Lipinski definition) is 2. The van der Waals surface area contributed by atoms with Crippen LogP contribution < -0.4 is 20.5 Å². The Morgan fingerprint density at radius 1 is 0.850 bits per heavy atom. The third-order valence-corrected chi connectivity index (χ3v) is 7.78. The van der Waals surface area contributed by atoms with Crippen LogP contribution in [0.15, 0.2) is 84.9 Å². The van der Waals surface area contributed by atoms with Crippen LogP contribution in [0.2, 0.25) is 0 Å². The van der Waals surface area contributed by atoms with Gasteiger partial charge in [0.1, 0.15) is 0 Å². The van der Waals surface area contributed by atoms with Crippen molar-refractivity contribution in [1.29, 1.82) is 0 Å². The second-order valence-electron chi connectivity index (χ2n) is 10.8. The zero-order chi connectivity index (χ0) is 27.9. The number of nitrogens with zero attached hydrogens (tertiary/aromatic N) is 4. The number of carbonyl (C=O) groups is 2. The number of hydrogen-bond acceptors (Lipinski definition) is 5. The molecule has 2 heterocycles. The average molecular weight is 541 g/mol. The minimum atomic E-state index is -0.175. The molecule has 0 spiro atoms. The summed E-state index contributed by atoms with van der Waals surface area (Å²) in [5.41, 5.74) is 7.15. The van der Waals surface area contributed by atoms with Gasteiger partial charge in [-0.05, 0) is 75.2 Å². The number of para-hydroxylation sites is 1. The monoisotopic (exact) mass is 540 g/mol. The molecule has 2 aliphatic rings. The van der Waals surface area contributed by atoms with Crippen LogP contribution in [0, 0.1) is 0 Å². The highest BCUT2D eigenvalue weighted by atomic mass is 16.2. The number of amides is 3. The molecule has 0 aromatic heterocycles. The van der Waals surface area contributed by atoms with E-state index in [0.717, 1.165) is 62.5 Å². The van der Waals surface area contributed by atoms with E-state index in [1.54, 1.807) is 9.91 Å². The first-order chi connectivity index (χ1) is 19.5. The van der Waals surface area contributed by atoms with Crippen LogP contribution in [0.4, 0.5) is 21.9 Å². The lowest BCUT2D eigenvalue weighted by atomic mass is 9.93. The van der Waals surface area contributed by atoms with Gasteiger partial charge in [0.15, 0.2) is 0 Å². The molecule has 8 nitrogen and oxygen atoms in total. The number of hydrazine groups is 1. The summed E-state index contributed by atoms with van der Waals surface area (Å²) < 4.78 is 0. The summed E-state index contributed by atoms with van der Waals surface area (Å²) in [7, 11) is 0. The Labute approximate surface area is 237 Å². The van der Waals surface area contributed by atoms with E-state index in [1.165, 1.54) is 5.69 Å². The lowest BCUT2D eigenvalue weighted by Crippen LogP contribution is -2.46. The number of carbonyl (C=O) groups excluding carboxylic acids is 2. The largest absolute Gasteiger partial charge is 0.369 e. The van der Waals surface area contributed by atoms with E-state index in [9.17, 15) is 9.59 Å². The van der Waals surface area contributed by atoms with E-state index >= 15 is 0 Å². The highest BCUT2D eigenvalue weighted by molar-refractivity contribution is 5.96. The SMILES string of the molecule is CC(C)N1NCN(c2ccc(N3CCN(CCCC(C(=O)Nc4ccccc4)c4ccccc4)CC3)cc2)C1=O. The Hall–Kier alpha value is -3.88. The summed E-state index contributed by atoms with van der Waals surface area (Å²) in [6, 6.07) is 28.2. The van der Waals surface area contributed by atoms with Gasteiger partial charge in [-0.25, -0.2) is 10.2 Å². The van der Waals surface area contributed by atoms with Crippen molar-refractivity contribution in [3.63, 3.8) is 0 Å². The molecule has 2 aliphatic heterocycles. The topological polar surface area (TPSA) is 71.2 Å². The van der Waals surface area contributed by atoms with Crippen molar-refractivity contribution in [2.45, 2.75) is 38.6 Å². The van der Waals surface area contributed by atoms with Crippen molar-refractivity contribution < 1.29 is 9.59 Å². The molecule has 2 saturated heterocycles. The molecule has 1 unspecified atom stereocenters. The van der Waals surface area contributed by atoms with Gasteiger partial charge in [0.2, 0.25) is 5.91 Å². The zero-order valence-corrected chi connectivity index (χ0v) is 23.5. The minimum Gasteiger partial charge on any atom is -0.369 e. The van der Waals surface area contributed by atoms with Crippen LogP contribution >= 0.6 is 0 Å². The Balaban J connectivity index is 1.10. The standard InChI is InChI=1S/C32H40N6O2/c1-25(2)38-32(40)37(24-33-38)29-17-15-28(16-18-29)36-22-20-35(21-23-36)19-9-14-30(26-10-5-3-6-11-26)31(39)34-27-12-7-4-8-13-27/h3-8,10-13,15-18,25,30,33H,9,14,19-24H2,1-2H3,(H,34,39). The van der Waals surface area contributed by atoms with Crippen LogP contribution in [0.5, 0.6) is 0 Å². The zero-order valence-electron chi connectivity index (χ0n) is 23.5. The summed E-state index contributed by atoms with van der Waals surface area (Å²) >= 11 is 0. The molecule has 3 aromatic rings. The van der Waals surface area contributed by atoms with Crippen LogP contribution in [0.3, 0.4) is 0 Å². The van der Waals surface area contributed by atoms with Gasteiger partial charge in [-0.2, -0.15) is 0 Å². The lowest BCUT2D eigenvalue weighted by molar-refractivity contribution is -0.117. The maximum atomic E-state index is 13.2. The fourth-order valence-electron chi connectivity index (χ4n) is 5.49. The first-order valence-electron chi connectivity index (χ1n) is 14.3. The molecule has 8 heteroatoms. The predicted octanol–water partition coefficient (Wildman–Crippen LogP) is 5.12. The van der Waals surface area contributed by atoms with Gasteiger partial charge in [0, 0.05) is 49.3 Å². The molecule has 210 valence electrons. The number of benzene rings is 3. The van der Waals surface area contributed by atoms with Crippen LogP contribution in [0.25, 0.3) is 0 Å². The fourth-order valence-corrected chi connectivity index (χ4v) is 5.49. The highest BCUT2D eigenvalue weighted by Crippen LogP contribution is 2.26. The van der Waals surface area contributed by atoms with Gasteiger partial charge in [0.25, 0.3) is 0 Å². The maximum Gasteiger partial charge on any atom is 0.340 e. The van der Waals surface area contributed by atoms with E-state index in [-0.39, 0.29) is 23.9 Å². The Morgan fingerprint density at radius 3 is 2.10 bits per heavy atom. The summed E-state index contributed by atoms with van der Waals surface area (Å²) in [6.45, 7) is 9.38. The van der Waals surface area contributed by atoms with Crippen molar-refractivity contribution in [3.8, 4) is 0 Å². The normalized spacial score (nSPS) is 17.0. The van der Waals surface area contributed by atoms with Gasteiger partial charge in [-0.15, -0.1) is 0 Å². The minimum absolute atomic E-state index is 0.0107. The van der Waals surface area contributed by atoms with Crippen LogP contribution in [0.1, 0.15) is 38.2 Å². The van der Waals surface area contributed by atoms with Crippen molar-refractivity contribution in [1.82, 2.24) is 15.3 Å². The van der Waals surface area contributed by atoms with Crippen molar-refractivity contribution >= 4 is 29.0 Å². The van der Waals surface area contributed by atoms with Gasteiger partial charge < -0.3 is 10.2 Å². The third-order valence-electron chi connectivity index (χ3n) is 7.78. The molecule has 0 bridgehead atoms. The molecule has 2 N–H and O–H groups in total. The van der Waals surface area contributed by atoms with E-state index in [0.29, 0.717) is 6.67 Å². The smallest absolute Gasteiger partial charge is 0.340 e. The van der Waals surface area contributed by atoms with Crippen molar-refractivity contribution in [2.24, 2.45) is 0 Å². The van der Waals surface area contributed by atoms with Crippen molar-refractivity contribution in [3.05, 3.63) is 90.5 Å². The number of nitrogens with one attached hydrogen (secondary N) is 2. The summed E-state index contributed by atoms with van der Waals surface area (Å²) in [5, 5.41) is 4.77. The molecule has 1 atom stereocenters. The Kier molecular flexibility index (Phi) is 8.98. The van der Waals surface area contributed by atoms with Crippen molar-refractivity contribution in [2.75, 3.05) is 54.5 Å². The molecule has 40 heavy (non-hydrogen) atoms. The fraction of sp³-hybridized carbons (Fsp3) is 0.375. The van der Waals surface area contributed by atoms with E-state index in [4.69, 9.17) is 0 Å². The average Bonchev–Trinajstić information content (AvgIpc) is 3.38. The molecular weight excluding hydrogens is 500 g/mol. The quantitative estimate of drug-likeness (QED) is 0.373. The molecular formula is C32H40N6O2. The van der Waals surface area contributed by atoms with Gasteiger partial charge in [0.05, 0.1) is 12.6 Å². The first kappa shape index (κ1) is 27.7. The number of piperazine rings is 1. The van der Waals surface area contributed by atoms with E-state index in [1.807, 2.05) is 74.5 Å². The number of urea groups is 1. The highest BCUT2D eigenvalue weighted by Gasteiger charge is 2.31. The number of rotatable bonds is 10. The molecule has 3 aromatic carbocycles. The Morgan fingerprint density at radius 2 is 1.48 bits per heavy atom. The van der Waals surface area contributed by atoms with Gasteiger partial charge in [-0.1, -0.05) is 48.5 Å². The third kappa shape index (κ3) is 6.63. The molecule has 0 radical (unpaired) electrons. The van der Waals surface area contributed by atoms with Gasteiger partial charge in [-0.3, -0.25) is 19.6 Å². The summed E-state index contributed by atoms with van der Waals surface area (Å²) in [5.74, 6) is -0.125.